The molecule has 2 unspecified atom stereocenters. The first kappa shape index (κ1) is 26.8. The number of anilines is 1. The highest BCUT2D eigenvalue weighted by Crippen LogP contribution is 2.47. The summed E-state index contributed by atoms with van der Waals surface area (Å²) in [4.78, 5) is 13.5. The smallest absolute Gasteiger partial charge is 0.337 e. The predicted molar refractivity (Wildman–Crippen MR) is 153 cm³/mol. The van der Waals surface area contributed by atoms with E-state index < -0.39 is 5.97 Å². The van der Waals surface area contributed by atoms with Crippen molar-refractivity contribution in [3.8, 4) is 22.7 Å². The van der Waals surface area contributed by atoms with E-state index in [1.54, 1.807) is 18.2 Å². The number of nitrogens with zero attached hydrogens (tertiary/aromatic N) is 4. The Labute approximate surface area is 250 Å². The molecule has 0 amide bonds. The van der Waals surface area contributed by atoms with Gasteiger partial charge in [0.2, 0.25) is 5.89 Å². The molecule has 0 radical (unpaired) electrons. The Hall–Kier alpha value is -3.11. The van der Waals surface area contributed by atoms with Crippen molar-refractivity contribution < 1.29 is 23.6 Å². The number of halogens is 3. The molecule has 2 aliphatic heterocycles. The van der Waals surface area contributed by atoms with Crippen molar-refractivity contribution in [1.82, 2.24) is 15.4 Å². The maximum absolute atomic E-state index is 11.3. The number of carboxylic acid groups (broad SMARTS) is 1. The second-order valence-electron chi connectivity index (χ2n) is 10.8. The van der Waals surface area contributed by atoms with Gasteiger partial charge in [-0.1, -0.05) is 51.1 Å². The molecular weight excluding hydrogens is 591 g/mol. The lowest BCUT2D eigenvalue weighted by Crippen LogP contribution is -2.45. The zero-order chi connectivity index (χ0) is 28.2. The van der Waals surface area contributed by atoms with Crippen LogP contribution in [-0.4, -0.2) is 44.6 Å². The van der Waals surface area contributed by atoms with Gasteiger partial charge < -0.3 is 23.7 Å². The van der Waals surface area contributed by atoms with Gasteiger partial charge in [-0.15, -0.1) is 5.10 Å². The van der Waals surface area contributed by atoms with Gasteiger partial charge in [0.05, 0.1) is 33.3 Å². The number of benzene rings is 2. The second-order valence-corrected chi connectivity index (χ2v) is 12.1. The lowest BCUT2D eigenvalue weighted by atomic mass is 10.00. The number of aromatic carboxylic acids is 1. The van der Waals surface area contributed by atoms with Gasteiger partial charge in [0.1, 0.15) is 11.5 Å². The van der Waals surface area contributed by atoms with Gasteiger partial charge in [-0.05, 0) is 68.9 Å². The molecule has 3 aliphatic rings. The molecule has 2 saturated heterocycles. The predicted octanol–water partition coefficient (Wildman–Crippen LogP) is 7.64. The molecule has 1 saturated carbocycles. The van der Waals surface area contributed by atoms with Crippen LogP contribution in [0.1, 0.15) is 66.1 Å². The van der Waals surface area contributed by atoms with Gasteiger partial charge in [-0.2, -0.15) is 0 Å². The van der Waals surface area contributed by atoms with Gasteiger partial charge in [0, 0.05) is 34.7 Å². The van der Waals surface area contributed by atoms with Crippen LogP contribution in [0, 0.1) is 0 Å². The van der Waals surface area contributed by atoms with Crippen molar-refractivity contribution in [2.45, 2.75) is 69.2 Å². The maximum Gasteiger partial charge on any atom is 0.337 e. The van der Waals surface area contributed by atoms with Gasteiger partial charge in [-0.3, -0.25) is 0 Å². The third kappa shape index (κ3) is 4.99. The van der Waals surface area contributed by atoms with E-state index >= 15 is 0 Å². The van der Waals surface area contributed by atoms with Crippen LogP contribution in [0.4, 0.5) is 6.01 Å². The van der Waals surface area contributed by atoms with Crippen LogP contribution in [0.25, 0.3) is 22.7 Å². The maximum atomic E-state index is 11.3. The Morgan fingerprint density at radius 3 is 2.39 bits per heavy atom. The molecule has 2 aromatic carbocycles. The van der Waals surface area contributed by atoms with Gasteiger partial charge >= 0.3 is 12.0 Å². The number of aromatic nitrogens is 3. The van der Waals surface area contributed by atoms with Crippen molar-refractivity contribution in [2.75, 3.05) is 4.90 Å². The SMILES string of the molecule is O=C(O)c1ccc(-c2nnc(N3C4CCC3CC(OCc3c(-c5c(Cl)cccc5Cl)noc3C3CC3)C4)o2)cc1Cl. The van der Waals surface area contributed by atoms with Crippen molar-refractivity contribution >= 4 is 46.8 Å². The number of carboxylic acids is 1. The number of ether oxygens (including phenoxy) is 1. The van der Waals surface area contributed by atoms with Crippen molar-refractivity contribution in [1.29, 1.82) is 0 Å². The summed E-state index contributed by atoms with van der Waals surface area (Å²) in [5.41, 5.74) is 2.84. The van der Waals surface area contributed by atoms with Crippen molar-refractivity contribution in [2.24, 2.45) is 0 Å². The summed E-state index contributed by atoms with van der Waals surface area (Å²) in [6, 6.07) is 10.9. The highest BCUT2D eigenvalue weighted by Gasteiger charge is 2.44. The molecule has 2 bridgehead atoms. The van der Waals surface area contributed by atoms with Gasteiger partial charge in [0.25, 0.3) is 0 Å². The third-order valence-corrected chi connectivity index (χ3v) is 9.14. The van der Waals surface area contributed by atoms with Crippen molar-refractivity contribution in [3.05, 3.63) is 68.4 Å². The van der Waals surface area contributed by atoms with Crippen LogP contribution >= 0.6 is 34.8 Å². The molecule has 41 heavy (non-hydrogen) atoms. The molecule has 9 nitrogen and oxygen atoms in total. The summed E-state index contributed by atoms with van der Waals surface area (Å²) in [6.45, 7) is 0.369. The molecule has 1 aliphatic carbocycles. The Morgan fingerprint density at radius 2 is 1.73 bits per heavy atom. The summed E-state index contributed by atoms with van der Waals surface area (Å²) in [5, 5.41) is 23.3. The van der Waals surface area contributed by atoms with Gasteiger partial charge in [-0.25, -0.2) is 4.79 Å². The highest BCUT2D eigenvalue weighted by molar-refractivity contribution is 6.39. The third-order valence-electron chi connectivity index (χ3n) is 8.20. The van der Waals surface area contributed by atoms with Gasteiger partial charge in [0.15, 0.2) is 0 Å². The molecule has 3 fully saturated rings. The van der Waals surface area contributed by atoms with Crippen LogP contribution in [0.15, 0.2) is 45.3 Å². The minimum atomic E-state index is -1.09. The first-order valence-electron chi connectivity index (χ1n) is 13.6. The fourth-order valence-corrected chi connectivity index (χ4v) is 6.92. The zero-order valence-electron chi connectivity index (χ0n) is 21.7. The number of piperidine rings is 1. The molecule has 4 heterocycles. The topological polar surface area (TPSA) is 115 Å². The lowest BCUT2D eigenvalue weighted by Gasteiger charge is -2.37. The molecule has 2 aromatic heterocycles. The summed E-state index contributed by atoms with van der Waals surface area (Å²) < 4.78 is 18.4. The summed E-state index contributed by atoms with van der Waals surface area (Å²) in [7, 11) is 0. The minimum Gasteiger partial charge on any atom is -0.478 e. The van der Waals surface area contributed by atoms with E-state index in [0.717, 1.165) is 49.8 Å². The van der Waals surface area contributed by atoms with Crippen molar-refractivity contribution in [3.63, 3.8) is 0 Å². The molecule has 0 spiro atoms. The van der Waals surface area contributed by atoms with E-state index in [1.807, 2.05) is 6.07 Å². The molecular formula is C29H25Cl3N4O5. The average Bonchev–Trinajstić information content (AvgIpc) is 3.41. The van der Waals surface area contributed by atoms with Crippen LogP contribution in [0.2, 0.25) is 15.1 Å². The molecule has 2 atom stereocenters. The average molecular weight is 616 g/mol. The Bertz CT molecular complexity index is 1600. The fourth-order valence-electron chi connectivity index (χ4n) is 6.08. The molecule has 212 valence electrons. The first-order valence-corrected chi connectivity index (χ1v) is 14.7. The van der Waals surface area contributed by atoms with E-state index in [1.165, 1.54) is 12.1 Å². The molecule has 1 N–H and O–H groups in total. The first-order chi connectivity index (χ1) is 19.9. The second kappa shape index (κ2) is 10.6. The zero-order valence-corrected chi connectivity index (χ0v) is 24.0. The number of hydrogen-bond donors (Lipinski definition) is 1. The number of fused-ring (bicyclic) bond motifs is 2. The quantitative estimate of drug-likeness (QED) is 0.213. The Balaban J connectivity index is 1.07. The molecule has 4 aromatic rings. The summed E-state index contributed by atoms with van der Waals surface area (Å²) in [6.07, 6.45) is 5.83. The van der Waals surface area contributed by atoms with E-state index in [-0.39, 0.29) is 28.8 Å². The number of rotatable bonds is 8. The van der Waals surface area contributed by atoms with E-state index in [9.17, 15) is 9.90 Å². The van der Waals surface area contributed by atoms with E-state index in [0.29, 0.717) is 51.3 Å². The highest BCUT2D eigenvalue weighted by atomic mass is 35.5. The minimum absolute atomic E-state index is 0.0211. The normalized spacial score (nSPS) is 21.9. The lowest BCUT2D eigenvalue weighted by molar-refractivity contribution is 0.0139. The Morgan fingerprint density at radius 1 is 1.00 bits per heavy atom. The van der Waals surface area contributed by atoms with Crippen LogP contribution < -0.4 is 4.90 Å². The summed E-state index contributed by atoms with van der Waals surface area (Å²) in [5.74, 6) is 0.427. The van der Waals surface area contributed by atoms with Crippen LogP contribution in [-0.2, 0) is 11.3 Å². The van der Waals surface area contributed by atoms with Crippen LogP contribution in [0.5, 0.6) is 0 Å². The number of hydrogen-bond acceptors (Lipinski definition) is 8. The fraction of sp³-hybridized carbons (Fsp3) is 0.379. The molecule has 12 heteroatoms. The van der Waals surface area contributed by atoms with E-state index in [2.05, 4.69) is 20.3 Å². The largest absolute Gasteiger partial charge is 0.478 e. The number of carbonyl (C=O) groups is 1. The monoisotopic (exact) mass is 614 g/mol. The standard InChI is InChI=1S/C29H25Cl3N4O5/c30-21-2-1-3-22(31)24(21)25-20(26(41-35-25)14-4-5-14)13-39-18-11-16-7-8-17(12-18)36(16)29-34-33-27(40-29)15-6-9-19(28(37)38)23(32)10-15/h1-3,6,9-10,14,16-18H,4-5,7-8,11-13H2,(H,37,38). The summed E-state index contributed by atoms with van der Waals surface area (Å²) >= 11 is 19.2. The Kier molecular flexibility index (Phi) is 6.93. The van der Waals surface area contributed by atoms with Crippen LogP contribution in [0.3, 0.4) is 0 Å². The molecule has 7 rings (SSSR count). The van der Waals surface area contributed by atoms with E-state index in [4.69, 9.17) is 48.5 Å².